The number of hydrogen-bond acceptors (Lipinski definition) is 3. The molecule has 4 heteroatoms. The fourth-order valence-corrected chi connectivity index (χ4v) is 1.89. The normalized spacial score (nSPS) is 10.2. The molecule has 0 aliphatic carbocycles. The lowest BCUT2D eigenvalue weighted by Crippen LogP contribution is -2.33. The van der Waals surface area contributed by atoms with Gasteiger partial charge in [-0.1, -0.05) is 36.4 Å². The quantitative estimate of drug-likeness (QED) is 0.840. The molecule has 0 aliphatic rings. The summed E-state index contributed by atoms with van der Waals surface area (Å²) in [7, 11) is 0. The average molecular weight is 269 g/mol. The number of aryl methyl sites for hydroxylation is 1. The molecule has 2 aromatic rings. The molecular formula is C16H19N3O. The van der Waals surface area contributed by atoms with Crippen molar-refractivity contribution in [3.63, 3.8) is 0 Å². The number of carbonyl (C=O) groups is 1. The van der Waals surface area contributed by atoms with Gasteiger partial charge in [-0.3, -0.25) is 9.78 Å². The van der Waals surface area contributed by atoms with Crippen LogP contribution < -0.4 is 10.6 Å². The monoisotopic (exact) mass is 269 g/mol. The van der Waals surface area contributed by atoms with Gasteiger partial charge in [0.2, 0.25) is 5.91 Å². The van der Waals surface area contributed by atoms with Gasteiger partial charge in [-0.15, -0.1) is 0 Å². The Kier molecular flexibility index (Phi) is 5.26. The summed E-state index contributed by atoms with van der Waals surface area (Å²) >= 11 is 0. The van der Waals surface area contributed by atoms with E-state index in [4.69, 9.17) is 0 Å². The second kappa shape index (κ2) is 7.40. The van der Waals surface area contributed by atoms with Crippen LogP contribution in [0.3, 0.4) is 0 Å². The summed E-state index contributed by atoms with van der Waals surface area (Å²) in [6, 6.07) is 11.9. The van der Waals surface area contributed by atoms with Crippen molar-refractivity contribution >= 4 is 5.91 Å². The number of rotatable bonds is 6. The molecule has 0 fully saturated rings. The van der Waals surface area contributed by atoms with Gasteiger partial charge in [-0.25, -0.2) is 0 Å². The Morgan fingerprint density at radius 1 is 1.10 bits per heavy atom. The van der Waals surface area contributed by atoms with Crippen LogP contribution in [-0.2, 0) is 17.9 Å². The van der Waals surface area contributed by atoms with E-state index in [0.717, 1.165) is 16.7 Å². The SMILES string of the molecule is Cc1cncc(CNCC(=O)NCc2ccccc2)c1. The van der Waals surface area contributed by atoms with E-state index in [0.29, 0.717) is 19.6 Å². The number of hydrogen-bond donors (Lipinski definition) is 2. The van der Waals surface area contributed by atoms with Crippen LogP contribution in [-0.4, -0.2) is 17.4 Å². The molecule has 0 atom stereocenters. The lowest BCUT2D eigenvalue weighted by Gasteiger charge is -2.07. The van der Waals surface area contributed by atoms with E-state index in [1.54, 1.807) is 0 Å². The summed E-state index contributed by atoms with van der Waals surface area (Å²) < 4.78 is 0. The first-order valence-electron chi connectivity index (χ1n) is 6.66. The van der Waals surface area contributed by atoms with Gasteiger partial charge in [0.25, 0.3) is 0 Å². The van der Waals surface area contributed by atoms with Crippen molar-refractivity contribution in [3.8, 4) is 0 Å². The predicted octanol–water partition coefficient (Wildman–Crippen LogP) is 1.80. The van der Waals surface area contributed by atoms with E-state index in [9.17, 15) is 4.79 Å². The van der Waals surface area contributed by atoms with Crippen LogP contribution in [0.15, 0.2) is 48.8 Å². The Hall–Kier alpha value is -2.20. The van der Waals surface area contributed by atoms with E-state index < -0.39 is 0 Å². The molecule has 1 aromatic carbocycles. The summed E-state index contributed by atoms with van der Waals surface area (Å²) in [5.74, 6) is -0.00512. The standard InChI is InChI=1S/C16H19N3O/c1-13-7-15(9-17-8-13)10-18-12-16(20)19-11-14-5-3-2-4-6-14/h2-9,18H,10-12H2,1H3,(H,19,20). The maximum absolute atomic E-state index is 11.7. The fourth-order valence-electron chi connectivity index (χ4n) is 1.89. The van der Waals surface area contributed by atoms with E-state index in [1.807, 2.05) is 49.6 Å². The minimum Gasteiger partial charge on any atom is -0.351 e. The minimum absolute atomic E-state index is 0.00512. The number of pyridine rings is 1. The summed E-state index contributed by atoms with van der Waals surface area (Å²) in [5.41, 5.74) is 3.31. The third-order valence-electron chi connectivity index (χ3n) is 2.88. The van der Waals surface area contributed by atoms with Crippen LogP contribution in [0.4, 0.5) is 0 Å². The van der Waals surface area contributed by atoms with Crippen LogP contribution in [0.25, 0.3) is 0 Å². The third-order valence-corrected chi connectivity index (χ3v) is 2.88. The van der Waals surface area contributed by atoms with Crippen molar-refractivity contribution in [2.75, 3.05) is 6.54 Å². The van der Waals surface area contributed by atoms with Gasteiger partial charge in [-0.2, -0.15) is 0 Å². The molecule has 4 nitrogen and oxygen atoms in total. The zero-order valence-corrected chi connectivity index (χ0v) is 11.6. The van der Waals surface area contributed by atoms with Crippen molar-refractivity contribution in [2.24, 2.45) is 0 Å². The number of aromatic nitrogens is 1. The lowest BCUT2D eigenvalue weighted by atomic mass is 10.2. The van der Waals surface area contributed by atoms with Gasteiger partial charge in [0.1, 0.15) is 0 Å². The van der Waals surface area contributed by atoms with Crippen molar-refractivity contribution in [2.45, 2.75) is 20.0 Å². The lowest BCUT2D eigenvalue weighted by molar-refractivity contribution is -0.120. The summed E-state index contributed by atoms with van der Waals surface area (Å²) in [6.07, 6.45) is 3.62. The summed E-state index contributed by atoms with van der Waals surface area (Å²) in [6.45, 7) is 3.52. The van der Waals surface area contributed by atoms with Gasteiger partial charge in [0, 0.05) is 25.5 Å². The van der Waals surface area contributed by atoms with Crippen molar-refractivity contribution < 1.29 is 4.79 Å². The van der Waals surface area contributed by atoms with Gasteiger partial charge < -0.3 is 10.6 Å². The second-order valence-electron chi connectivity index (χ2n) is 4.74. The number of nitrogens with zero attached hydrogens (tertiary/aromatic N) is 1. The molecule has 1 heterocycles. The van der Waals surface area contributed by atoms with E-state index >= 15 is 0 Å². The van der Waals surface area contributed by atoms with Gasteiger partial charge in [0.15, 0.2) is 0 Å². The van der Waals surface area contributed by atoms with E-state index in [2.05, 4.69) is 21.7 Å². The highest BCUT2D eigenvalue weighted by atomic mass is 16.1. The number of nitrogens with one attached hydrogen (secondary N) is 2. The van der Waals surface area contributed by atoms with Crippen molar-refractivity contribution in [1.29, 1.82) is 0 Å². The largest absolute Gasteiger partial charge is 0.351 e. The van der Waals surface area contributed by atoms with Gasteiger partial charge in [-0.05, 0) is 23.6 Å². The highest BCUT2D eigenvalue weighted by molar-refractivity contribution is 5.77. The Labute approximate surface area is 119 Å². The van der Waals surface area contributed by atoms with Gasteiger partial charge in [0.05, 0.1) is 6.54 Å². The van der Waals surface area contributed by atoms with Crippen LogP contribution in [0, 0.1) is 6.92 Å². The van der Waals surface area contributed by atoms with Crippen molar-refractivity contribution in [1.82, 2.24) is 15.6 Å². The first-order chi connectivity index (χ1) is 9.74. The average Bonchev–Trinajstić information content (AvgIpc) is 2.46. The maximum Gasteiger partial charge on any atom is 0.234 e. The third kappa shape index (κ3) is 4.82. The Bertz CT molecular complexity index is 555. The molecular weight excluding hydrogens is 250 g/mol. The van der Waals surface area contributed by atoms with Crippen LogP contribution in [0.1, 0.15) is 16.7 Å². The minimum atomic E-state index is -0.00512. The zero-order valence-electron chi connectivity index (χ0n) is 11.6. The molecule has 0 aliphatic heterocycles. The molecule has 1 amide bonds. The van der Waals surface area contributed by atoms with Gasteiger partial charge >= 0.3 is 0 Å². The molecule has 0 saturated carbocycles. The maximum atomic E-state index is 11.7. The van der Waals surface area contributed by atoms with E-state index in [-0.39, 0.29) is 5.91 Å². The number of benzene rings is 1. The first kappa shape index (κ1) is 14.2. The fraction of sp³-hybridized carbons (Fsp3) is 0.250. The van der Waals surface area contributed by atoms with E-state index in [1.165, 1.54) is 0 Å². The smallest absolute Gasteiger partial charge is 0.234 e. The zero-order chi connectivity index (χ0) is 14.2. The molecule has 0 spiro atoms. The molecule has 1 aromatic heterocycles. The van der Waals surface area contributed by atoms with Crippen LogP contribution in [0.5, 0.6) is 0 Å². The molecule has 0 unspecified atom stereocenters. The molecule has 0 saturated heterocycles. The topological polar surface area (TPSA) is 54.0 Å². The highest BCUT2D eigenvalue weighted by Gasteiger charge is 2.01. The van der Waals surface area contributed by atoms with Crippen LogP contribution >= 0.6 is 0 Å². The molecule has 0 radical (unpaired) electrons. The Morgan fingerprint density at radius 2 is 1.90 bits per heavy atom. The summed E-state index contributed by atoms with van der Waals surface area (Å²) in [5, 5.41) is 5.99. The Morgan fingerprint density at radius 3 is 2.65 bits per heavy atom. The first-order valence-corrected chi connectivity index (χ1v) is 6.66. The summed E-state index contributed by atoms with van der Waals surface area (Å²) in [4.78, 5) is 15.8. The Balaban J connectivity index is 1.68. The predicted molar refractivity (Wildman–Crippen MR) is 79.0 cm³/mol. The van der Waals surface area contributed by atoms with Crippen LogP contribution in [0.2, 0.25) is 0 Å². The molecule has 2 rings (SSSR count). The van der Waals surface area contributed by atoms with Crippen molar-refractivity contribution in [3.05, 3.63) is 65.5 Å². The molecule has 0 bridgehead atoms. The molecule has 104 valence electrons. The highest BCUT2D eigenvalue weighted by Crippen LogP contribution is 2.00. The number of amides is 1. The number of carbonyl (C=O) groups excluding carboxylic acids is 1. The second-order valence-corrected chi connectivity index (χ2v) is 4.74. The molecule has 20 heavy (non-hydrogen) atoms. The molecule has 2 N–H and O–H groups in total.